The molecule has 1 amide bonds. The molecular weight excluding hydrogens is 387 g/mol. The molecule has 0 spiro atoms. The van der Waals surface area contributed by atoms with Crippen molar-refractivity contribution in [1.82, 2.24) is 10.6 Å². The SMILES string of the molecule is COc1ccc(CCNC(=O)CN[C@H](C)c2ccc(Cl)cc2Cl)cc1OC. The van der Waals surface area contributed by atoms with Gasteiger partial charge in [0.1, 0.15) is 0 Å². The summed E-state index contributed by atoms with van der Waals surface area (Å²) in [4.78, 5) is 12.1. The van der Waals surface area contributed by atoms with Crippen LogP contribution in [0, 0.1) is 0 Å². The third-order valence-corrected chi connectivity index (χ3v) is 4.74. The van der Waals surface area contributed by atoms with E-state index in [1.165, 1.54) is 0 Å². The van der Waals surface area contributed by atoms with Crippen molar-refractivity contribution in [3.63, 3.8) is 0 Å². The van der Waals surface area contributed by atoms with E-state index in [0.29, 0.717) is 34.5 Å². The zero-order valence-corrected chi connectivity index (χ0v) is 17.2. The molecule has 2 aromatic rings. The highest BCUT2D eigenvalue weighted by Crippen LogP contribution is 2.28. The summed E-state index contributed by atoms with van der Waals surface area (Å²) in [6, 6.07) is 11.0. The van der Waals surface area contributed by atoms with Crippen LogP contribution in [-0.4, -0.2) is 33.2 Å². The quantitative estimate of drug-likeness (QED) is 0.655. The Hall–Kier alpha value is -1.95. The molecule has 0 saturated heterocycles. The molecule has 2 aromatic carbocycles. The molecule has 27 heavy (non-hydrogen) atoms. The Bertz CT molecular complexity index is 784. The molecule has 7 heteroatoms. The van der Waals surface area contributed by atoms with Gasteiger partial charge in [-0.25, -0.2) is 0 Å². The van der Waals surface area contributed by atoms with Crippen molar-refractivity contribution in [1.29, 1.82) is 0 Å². The van der Waals surface area contributed by atoms with Gasteiger partial charge in [-0.05, 0) is 48.7 Å². The van der Waals surface area contributed by atoms with Gasteiger partial charge in [0, 0.05) is 22.6 Å². The van der Waals surface area contributed by atoms with Gasteiger partial charge in [0.05, 0.1) is 20.8 Å². The first kappa shape index (κ1) is 21.4. The van der Waals surface area contributed by atoms with E-state index in [2.05, 4.69) is 10.6 Å². The fraction of sp³-hybridized carbons (Fsp3) is 0.350. The second kappa shape index (κ2) is 10.4. The van der Waals surface area contributed by atoms with E-state index in [9.17, 15) is 4.79 Å². The lowest BCUT2D eigenvalue weighted by Gasteiger charge is -2.16. The molecule has 0 aliphatic carbocycles. The molecule has 0 fully saturated rings. The first-order chi connectivity index (χ1) is 12.9. The second-order valence-corrected chi connectivity index (χ2v) is 6.90. The van der Waals surface area contributed by atoms with Gasteiger partial charge in [0.25, 0.3) is 0 Å². The Kier molecular flexibility index (Phi) is 8.23. The molecule has 2 N–H and O–H groups in total. The average Bonchev–Trinajstić information content (AvgIpc) is 2.66. The van der Waals surface area contributed by atoms with Crippen LogP contribution in [0.15, 0.2) is 36.4 Å². The first-order valence-corrected chi connectivity index (χ1v) is 9.36. The maximum atomic E-state index is 12.1. The molecule has 0 radical (unpaired) electrons. The number of hydrogen-bond acceptors (Lipinski definition) is 4. The van der Waals surface area contributed by atoms with Crippen molar-refractivity contribution < 1.29 is 14.3 Å². The number of nitrogens with one attached hydrogen (secondary N) is 2. The highest BCUT2D eigenvalue weighted by Gasteiger charge is 2.11. The van der Waals surface area contributed by atoms with Crippen LogP contribution in [0.4, 0.5) is 0 Å². The minimum absolute atomic E-state index is 0.0635. The van der Waals surface area contributed by atoms with Crippen LogP contribution >= 0.6 is 23.2 Å². The van der Waals surface area contributed by atoms with E-state index < -0.39 is 0 Å². The maximum absolute atomic E-state index is 12.1. The monoisotopic (exact) mass is 410 g/mol. The van der Waals surface area contributed by atoms with E-state index in [0.717, 1.165) is 11.1 Å². The van der Waals surface area contributed by atoms with E-state index in [-0.39, 0.29) is 18.5 Å². The molecule has 0 aliphatic heterocycles. The van der Waals surface area contributed by atoms with Gasteiger partial charge in [-0.1, -0.05) is 35.3 Å². The zero-order chi connectivity index (χ0) is 19.8. The summed E-state index contributed by atoms with van der Waals surface area (Å²) >= 11 is 12.1. The number of rotatable bonds is 9. The van der Waals surface area contributed by atoms with Crippen LogP contribution in [-0.2, 0) is 11.2 Å². The van der Waals surface area contributed by atoms with Crippen molar-refractivity contribution in [2.24, 2.45) is 0 Å². The van der Waals surface area contributed by atoms with E-state index >= 15 is 0 Å². The summed E-state index contributed by atoms with van der Waals surface area (Å²) in [5.41, 5.74) is 1.96. The largest absolute Gasteiger partial charge is 0.493 e. The van der Waals surface area contributed by atoms with Crippen molar-refractivity contribution in [2.75, 3.05) is 27.3 Å². The van der Waals surface area contributed by atoms with E-state index in [4.69, 9.17) is 32.7 Å². The van der Waals surface area contributed by atoms with Crippen molar-refractivity contribution in [2.45, 2.75) is 19.4 Å². The molecule has 0 heterocycles. The fourth-order valence-electron chi connectivity index (χ4n) is 2.65. The third-order valence-electron chi connectivity index (χ3n) is 4.18. The molecule has 0 aromatic heterocycles. The highest BCUT2D eigenvalue weighted by molar-refractivity contribution is 6.35. The van der Waals surface area contributed by atoms with Crippen LogP contribution in [0.5, 0.6) is 11.5 Å². The van der Waals surface area contributed by atoms with Crippen LogP contribution in [0.2, 0.25) is 10.0 Å². The molecule has 0 unspecified atom stereocenters. The Morgan fingerprint density at radius 2 is 1.81 bits per heavy atom. The van der Waals surface area contributed by atoms with Crippen molar-refractivity contribution in [3.8, 4) is 11.5 Å². The number of hydrogen-bond donors (Lipinski definition) is 2. The van der Waals surface area contributed by atoms with Crippen LogP contribution < -0.4 is 20.1 Å². The van der Waals surface area contributed by atoms with Crippen LogP contribution in [0.25, 0.3) is 0 Å². The van der Waals surface area contributed by atoms with E-state index in [1.807, 2.05) is 31.2 Å². The van der Waals surface area contributed by atoms with Gasteiger partial charge in [-0.15, -0.1) is 0 Å². The minimum Gasteiger partial charge on any atom is -0.493 e. The minimum atomic E-state index is -0.0765. The second-order valence-electron chi connectivity index (χ2n) is 6.06. The summed E-state index contributed by atoms with van der Waals surface area (Å²) in [6.07, 6.45) is 0.699. The number of carbonyl (C=O) groups is 1. The zero-order valence-electron chi connectivity index (χ0n) is 15.6. The average molecular weight is 411 g/mol. The Morgan fingerprint density at radius 1 is 1.07 bits per heavy atom. The summed E-state index contributed by atoms with van der Waals surface area (Å²) in [7, 11) is 3.20. The van der Waals surface area contributed by atoms with E-state index in [1.54, 1.807) is 26.4 Å². The van der Waals surface area contributed by atoms with Gasteiger partial charge in [-0.3, -0.25) is 4.79 Å². The number of benzene rings is 2. The maximum Gasteiger partial charge on any atom is 0.233 e. The fourth-order valence-corrected chi connectivity index (χ4v) is 3.23. The van der Waals surface area contributed by atoms with Gasteiger partial charge in [0.2, 0.25) is 5.91 Å². The Labute approximate surface area is 170 Å². The lowest BCUT2D eigenvalue weighted by atomic mass is 10.1. The number of methoxy groups -OCH3 is 2. The summed E-state index contributed by atoms with van der Waals surface area (Å²) < 4.78 is 10.5. The topological polar surface area (TPSA) is 59.6 Å². The smallest absolute Gasteiger partial charge is 0.233 e. The molecule has 0 bridgehead atoms. The standard InChI is InChI=1S/C20H24Cl2N2O3/c1-13(16-6-5-15(21)11-17(16)22)24-12-20(25)23-9-8-14-4-7-18(26-2)19(10-14)27-3/h4-7,10-11,13,24H,8-9,12H2,1-3H3,(H,23,25)/t13-/m1/s1. The molecule has 0 aliphatic rings. The number of amides is 1. The van der Waals surface area contributed by atoms with Crippen molar-refractivity contribution in [3.05, 3.63) is 57.6 Å². The van der Waals surface area contributed by atoms with Crippen LogP contribution in [0.3, 0.4) is 0 Å². The van der Waals surface area contributed by atoms with Gasteiger partial charge in [-0.2, -0.15) is 0 Å². The molecule has 0 saturated carbocycles. The summed E-state index contributed by atoms with van der Waals surface area (Å²) in [5.74, 6) is 1.29. The highest BCUT2D eigenvalue weighted by atomic mass is 35.5. The molecule has 2 rings (SSSR count). The normalized spacial score (nSPS) is 11.7. The Morgan fingerprint density at radius 3 is 2.48 bits per heavy atom. The lowest BCUT2D eigenvalue weighted by Crippen LogP contribution is -2.36. The molecule has 146 valence electrons. The number of ether oxygens (including phenoxy) is 2. The van der Waals surface area contributed by atoms with Gasteiger partial charge >= 0.3 is 0 Å². The molecular formula is C20H24Cl2N2O3. The predicted molar refractivity (Wildman–Crippen MR) is 109 cm³/mol. The third kappa shape index (κ3) is 6.31. The summed E-state index contributed by atoms with van der Waals surface area (Å²) in [6.45, 7) is 2.68. The lowest BCUT2D eigenvalue weighted by molar-refractivity contribution is -0.120. The van der Waals surface area contributed by atoms with Gasteiger partial charge in [0.15, 0.2) is 11.5 Å². The summed E-state index contributed by atoms with van der Waals surface area (Å²) in [5, 5.41) is 7.23. The Balaban J connectivity index is 1.78. The van der Waals surface area contributed by atoms with Crippen LogP contribution in [0.1, 0.15) is 24.1 Å². The van der Waals surface area contributed by atoms with Crippen molar-refractivity contribution >= 4 is 29.1 Å². The predicted octanol–water partition coefficient (Wildman–Crippen LogP) is 4.02. The molecule has 1 atom stereocenters. The number of halogens is 2. The number of carbonyl (C=O) groups excluding carboxylic acids is 1. The first-order valence-electron chi connectivity index (χ1n) is 8.60. The van der Waals surface area contributed by atoms with Gasteiger partial charge < -0.3 is 20.1 Å². The molecule has 5 nitrogen and oxygen atoms in total.